The number of hydrogen-bond donors (Lipinski definition) is 1. The minimum Gasteiger partial charge on any atom is -0.308 e. The van der Waals surface area contributed by atoms with E-state index in [1.807, 2.05) is 12.1 Å². The van der Waals surface area contributed by atoms with E-state index in [1.165, 1.54) is 6.07 Å². The summed E-state index contributed by atoms with van der Waals surface area (Å²) < 4.78 is 49.7. The maximum atomic E-state index is 12.8. The number of benzene rings is 1. The molecular weight excluding hydrogens is 390 g/mol. The molecule has 0 amide bonds. The Morgan fingerprint density at radius 1 is 1.17 bits per heavy atom. The summed E-state index contributed by atoms with van der Waals surface area (Å²) in [4.78, 5) is 0. The Morgan fingerprint density at radius 3 is 2.58 bits per heavy atom. The van der Waals surface area contributed by atoms with Crippen LogP contribution in [0.25, 0.3) is 0 Å². The van der Waals surface area contributed by atoms with Gasteiger partial charge in [0.15, 0.2) is 19.7 Å². The van der Waals surface area contributed by atoms with Gasteiger partial charge in [-0.1, -0.05) is 35.9 Å². The summed E-state index contributed by atoms with van der Waals surface area (Å²) in [6, 6.07) is 9.69. The van der Waals surface area contributed by atoms with Crippen LogP contribution in [0.4, 0.5) is 0 Å². The molecule has 5 nitrogen and oxygen atoms in total. The van der Waals surface area contributed by atoms with E-state index < -0.39 is 31.0 Å². The molecule has 2 unspecified atom stereocenters. The van der Waals surface area contributed by atoms with Gasteiger partial charge in [-0.05, 0) is 23.1 Å². The first-order chi connectivity index (χ1) is 11.3. The van der Waals surface area contributed by atoms with Crippen LogP contribution in [-0.4, -0.2) is 39.6 Å². The lowest BCUT2D eigenvalue weighted by molar-refractivity contribution is 0.527. The molecule has 130 valence electrons. The van der Waals surface area contributed by atoms with Crippen molar-refractivity contribution in [2.24, 2.45) is 0 Å². The molecule has 0 saturated carbocycles. The molecule has 1 N–H and O–H groups in total. The minimum absolute atomic E-state index is 0.188. The quantitative estimate of drug-likeness (QED) is 0.824. The number of halogens is 1. The largest absolute Gasteiger partial charge is 0.308 e. The SMILES string of the molecule is O=S1(=O)CC(NCc2ccccc2Cl)C(S(=O)(=O)c2cccs2)C1. The monoisotopic (exact) mass is 405 g/mol. The lowest BCUT2D eigenvalue weighted by Gasteiger charge is -2.19. The molecule has 1 aliphatic rings. The predicted octanol–water partition coefficient (Wildman–Crippen LogP) is 2.13. The lowest BCUT2D eigenvalue weighted by Crippen LogP contribution is -2.42. The van der Waals surface area contributed by atoms with Crippen LogP contribution >= 0.6 is 22.9 Å². The molecule has 1 saturated heterocycles. The highest BCUT2D eigenvalue weighted by Crippen LogP contribution is 2.29. The summed E-state index contributed by atoms with van der Waals surface area (Å²) in [5.41, 5.74) is 0.802. The zero-order chi connectivity index (χ0) is 17.4. The summed E-state index contributed by atoms with van der Waals surface area (Å²) in [5, 5.41) is 4.32. The van der Waals surface area contributed by atoms with Crippen molar-refractivity contribution in [3.63, 3.8) is 0 Å². The van der Waals surface area contributed by atoms with Gasteiger partial charge < -0.3 is 5.32 Å². The van der Waals surface area contributed by atoms with Gasteiger partial charge in [0.2, 0.25) is 0 Å². The van der Waals surface area contributed by atoms with E-state index in [-0.39, 0.29) is 15.7 Å². The summed E-state index contributed by atoms with van der Waals surface area (Å²) >= 11 is 7.20. The Morgan fingerprint density at radius 2 is 1.92 bits per heavy atom. The Kier molecular flexibility index (Phi) is 5.04. The highest BCUT2D eigenvalue weighted by atomic mass is 35.5. The first-order valence-electron chi connectivity index (χ1n) is 7.24. The van der Waals surface area contributed by atoms with E-state index >= 15 is 0 Å². The molecule has 2 heterocycles. The van der Waals surface area contributed by atoms with E-state index in [4.69, 9.17) is 11.6 Å². The molecule has 0 bridgehead atoms. The van der Waals surface area contributed by atoms with E-state index in [9.17, 15) is 16.8 Å². The zero-order valence-corrected chi connectivity index (χ0v) is 15.8. The Balaban J connectivity index is 1.84. The molecule has 2 aromatic rings. The first-order valence-corrected chi connectivity index (χ1v) is 11.9. The van der Waals surface area contributed by atoms with Crippen LogP contribution in [-0.2, 0) is 26.2 Å². The average Bonchev–Trinajstić information content (AvgIpc) is 3.14. The van der Waals surface area contributed by atoms with Crippen molar-refractivity contribution >= 4 is 42.6 Å². The highest BCUT2D eigenvalue weighted by molar-refractivity contribution is 7.97. The van der Waals surface area contributed by atoms with Gasteiger partial charge in [0.1, 0.15) is 4.21 Å². The van der Waals surface area contributed by atoms with Crippen molar-refractivity contribution in [2.45, 2.75) is 22.0 Å². The van der Waals surface area contributed by atoms with Gasteiger partial charge >= 0.3 is 0 Å². The highest BCUT2D eigenvalue weighted by Gasteiger charge is 2.45. The molecule has 1 aromatic carbocycles. The van der Waals surface area contributed by atoms with Crippen LogP contribution in [0.15, 0.2) is 46.0 Å². The second-order valence-corrected chi connectivity index (χ2v) is 11.6. The van der Waals surface area contributed by atoms with Gasteiger partial charge in [0.25, 0.3) is 0 Å². The van der Waals surface area contributed by atoms with E-state index in [1.54, 1.807) is 23.6 Å². The molecule has 0 radical (unpaired) electrons. The van der Waals surface area contributed by atoms with Crippen LogP contribution in [0, 0.1) is 0 Å². The fourth-order valence-corrected chi connectivity index (χ4v) is 8.91. The minimum atomic E-state index is -3.69. The normalized spacial score (nSPS) is 23.4. The third kappa shape index (κ3) is 3.67. The second kappa shape index (κ2) is 6.76. The topological polar surface area (TPSA) is 80.3 Å². The molecule has 1 aromatic heterocycles. The van der Waals surface area contributed by atoms with Gasteiger partial charge in [-0.25, -0.2) is 16.8 Å². The van der Waals surface area contributed by atoms with Gasteiger partial charge in [0.05, 0.1) is 16.8 Å². The van der Waals surface area contributed by atoms with E-state index in [0.717, 1.165) is 16.9 Å². The molecule has 0 aliphatic carbocycles. The molecule has 3 rings (SSSR count). The molecule has 1 fully saturated rings. The lowest BCUT2D eigenvalue weighted by atomic mass is 10.2. The number of nitrogens with one attached hydrogen (secondary N) is 1. The smallest absolute Gasteiger partial charge is 0.193 e. The van der Waals surface area contributed by atoms with Crippen LogP contribution in [0.1, 0.15) is 5.56 Å². The van der Waals surface area contributed by atoms with Crippen molar-refractivity contribution in [1.29, 1.82) is 0 Å². The summed E-state index contributed by atoms with van der Waals surface area (Å²) in [7, 11) is -7.09. The van der Waals surface area contributed by atoms with Gasteiger partial charge in [0, 0.05) is 17.6 Å². The van der Waals surface area contributed by atoms with Crippen molar-refractivity contribution in [3.05, 3.63) is 52.4 Å². The standard InChI is InChI=1S/C15H16ClNO4S3/c16-12-5-2-1-4-11(12)8-17-13-9-23(18,19)10-14(13)24(20,21)15-6-3-7-22-15/h1-7,13-14,17H,8-10H2. The van der Waals surface area contributed by atoms with Crippen LogP contribution in [0.5, 0.6) is 0 Å². The first kappa shape index (κ1) is 17.9. The van der Waals surface area contributed by atoms with E-state index in [2.05, 4.69) is 5.32 Å². The zero-order valence-electron chi connectivity index (χ0n) is 12.6. The fraction of sp³-hybridized carbons (Fsp3) is 0.333. The van der Waals surface area contributed by atoms with Crippen molar-refractivity contribution in [3.8, 4) is 0 Å². The summed E-state index contributed by atoms with van der Waals surface area (Å²) in [6.45, 7) is 0.316. The molecule has 2 atom stereocenters. The number of hydrogen-bond acceptors (Lipinski definition) is 6. The number of sulfone groups is 2. The average molecular weight is 406 g/mol. The maximum absolute atomic E-state index is 12.8. The fourth-order valence-electron chi connectivity index (χ4n) is 2.77. The molecular formula is C15H16ClNO4S3. The summed E-state index contributed by atoms with van der Waals surface area (Å²) in [6.07, 6.45) is 0. The van der Waals surface area contributed by atoms with Gasteiger partial charge in [-0.2, -0.15) is 0 Å². The molecule has 0 spiro atoms. The Labute approximate surface area is 150 Å². The van der Waals surface area contributed by atoms with E-state index in [0.29, 0.717) is 11.6 Å². The van der Waals surface area contributed by atoms with Gasteiger partial charge in [-0.15, -0.1) is 11.3 Å². The predicted molar refractivity (Wildman–Crippen MR) is 96.0 cm³/mol. The third-order valence-corrected chi connectivity index (χ3v) is 9.94. The van der Waals surface area contributed by atoms with Crippen LogP contribution < -0.4 is 5.32 Å². The van der Waals surface area contributed by atoms with Crippen LogP contribution in [0.2, 0.25) is 5.02 Å². The molecule has 24 heavy (non-hydrogen) atoms. The van der Waals surface area contributed by atoms with Gasteiger partial charge in [-0.3, -0.25) is 0 Å². The van der Waals surface area contributed by atoms with Crippen LogP contribution in [0.3, 0.4) is 0 Å². The molecule has 9 heteroatoms. The Bertz CT molecular complexity index is 923. The van der Waals surface area contributed by atoms with Crippen molar-refractivity contribution in [1.82, 2.24) is 5.32 Å². The maximum Gasteiger partial charge on any atom is 0.193 e. The third-order valence-electron chi connectivity index (χ3n) is 3.99. The number of thiophene rings is 1. The van der Waals surface area contributed by atoms with Crippen molar-refractivity contribution < 1.29 is 16.8 Å². The Hall–Kier alpha value is -0.930. The number of rotatable bonds is 5. The molecule has 1 aliphatic heterocycles. The van der Waals surface area contributed by atoms with Crippen molar-refractivity contribution in [2.75, 3.05) is 11.5 Å². The summed E-state index contributed by atoms with van der Waals surface area (Å²) in [5.74, 6) is -0.542. The second-order valence-electron chi connectivity index (χ2n) is 5.67.